The molecule has 0 unspecified atom stereocenters. The van der Waals surface area contributed by atoms with Gasteiger partial charge in [-0.2, -0.15) is 17.0 Å². The zero-order valence-corrected chi connectivity index (χ0v) is 14.3. The van der Waals surface area contributed by atoms with Crippen LogP contribution in [0.15, 0.2) is 16.5 Å². The van der Waals surface area contributed by atoms with E-state index in [1.54, 1.807) is 6.07 Å². The summed E-state index contributed by atoms with van der Waals surface area (Å²) in [5, 5.41) is 8.84. The normalized spacial score (nSPS) is 17.7. The van der Waals surface area contributed by atoms with Crippen LogP contribution in [0, 0.1) is 0 Å². The lowest BCUT2D eigenvalue weighted by Crippen LogP contribution is -2.52. The minimum absolute atomic E-state index is 0.0808. The van der Waals surface area contributed by atoms with Gasteiger partial charge in [-0.25, -0.2) is 4.79 Å². The van der Waals surface area contributed by atoms with Gasteiger partial charge in [0.15, 0.2) is 0 Å². The number of nitrogens with zero attached hydrogens (tertiary/aromatic N) is 3. The summed E-state index contributed by atoms with van der Waals surface area (Å²) in [6.07, 6.45) is 0. The monoisotopic (exact) mass is 345 g/mol. The molecule has 1 N–H and O–H groups in total. The molecule has 8 nitrogen and oxygen atoms in total. The quantitative estimate of drug-likeness (QED) is 0.781. The van der Waals surface area contributed by atoms with E-state index in [9.17, 15) is 13.2 Å². The number of carboxylic acids is 1. The minimum atomic E-state index is -3.39. The summed E-state index contributed by atoms with van der Waals surface area (Å²) in [5.74, 6) is -0.600. The van der Waals surface area contributed by atoms with Gasteiger partial charge in [0, 0.05) is 39.3 Å². The molecule has 1 fully saturated rings. The van der Waals surface area contributed by atoms with Gasteiger partial charge < -0.3 is 9.52 Å². The fraction of sp³-hybridized carbons (Fsp3) is 0.643. The lowest BCUT2D eigenvalue weighted by molar-refractivity contribution is 0.0657. The number of aromatic carboxylic acids is 1. The van der Waals surface area contributed by atoms with E-state index in [1.165, 1.54) is 14.7 Å². The lowest BCUT2D eigenvalue weighted by atomic mass is 10.3. The van der Waals surface area contributed by atoms with E-state index in [0.29, 0.717) is 51.6 Å². The SMILES string of the molecule is CCN(CC)S(=O)(=O)N1CCN(Cc2ccc(C(=O)O)o2)CC1. The van der Waals surface area contributed by atoms with E-state index >= 15 is 0 Å². The third-order valence-corrected chi connectivity index (χ3v) is 6.13. The van der Waals surface area contributed by atoms with Crippen molar-refractivity contribution < 1.29 is 22.7 Å². The summed E-state index contributed by atoms with van der Waals surface area (Å²) in [6.45, 7) is 7.08. The van der Waals surface area contributed by atoms with Crippen LogP contribution in [-0.2, 0) is 16.8 Å². The molecule has 0 aliphatic carbocycles. The van der Waals surface area contributed by atoms with Crippen molar-refractivity contribution in [3.63, 3.8) is 0 Å². The van der Waals surface area contributed by atoms with Crippen LogP contribution in [0.4, 0.5) is 0 Å². The lowest BCUT2D eigenvalue weighted by Gasteiger charge is -2.35. The highest BCUT2D eigenvalue weighted by molar-refractivity contribution is 7.86. The molecule has 130 valence electrons. The van der Waals surface area contributed by atoms with Crippen LogP contribution in [0.2, 0.25) is 0 Å². The Bertz CT molecular complexity index is 631. The number of rotatable bonds is 7. The average Bonchev–Trinajstić information content (AvgIpc) is 2.97. The molecular weight excluding hydrogens is 322 g/mol. The fourth-order valence-electron chi connectivity index (χ4n) is 2.63. The van der Waals surface area contributed by atoms with E-state index in [4.69, 9.17) is 9.52 Å². The molecule has 0 amide bonds. The van der Waals surface area contributed by atoms with E-state index < -0.39 is 16.2 Å². The smallest absolute Gasteiger partial charge is 0.371 e. The predicted molar refractivity (Wildman–Crippen MR) is 84.4 cm³/mol. The minimum Gasteiger partial charge on any atom is -0.475 e. The second kappa shape index (κ2) is 7.43. The molecule has 9 heteroatoms. The maximum Gasteiger partial charge on any atom is 0.371 e. The summed E-state index contributed by atoms with van der Waals surface area (Å²) >= 11 is 0. The Morgan fingerprint density at radius 1 is 1.22 bits per heavy atom. The molecule has 0 bridgehead atoms. The van der Waals surface area contributed by atoms with Crippen LogP contribution in [0.25, 0.3) is 0 Å². The van der Waals surface area contributed by atoms with Gasteiger partial charge in [-0.1, -0.05) is 13.8 Å². The molecule has 1 aromatic heterocycles. The summed E-state index contributed by atoms with van der Waals surface area (Å²) in [7, 11) is -3.39. The summed E-state index contributed by atoms with van der Waals surface area (Å²) in [6, 6.07) is 3.07. The fourth-order valence-corrected chi connectivity index (χ4v) is 4.23. The highest BCUT2D eigenvalue weighted by atomic mass is 32.2. The van der Waals surface area contributed by atoms with Crippen LogP contribution in [0.1, 0.15) is 30.2 Å². The molecule has 2 rings (SSSR count). The first-order chi connectivity index (χ1) is 10.9. The molecule has 1 saturated heterocycles. The molecule has 2 heterocycles. The van der Waals surface area contributed by atoms with Crippen molar-refractivity contribution in [2.24, 2.45) is 0 Å². The van der Waals surface area contributed by atoms with Gasteiger partial charge in [-0.15, -0.1) is 0 Å². The van der Waals surface area contributed by atoms with Crippen molar-refractivity contribution >= 4 is 16.2 Å². The Balaban J connectivity index is 1.92. The van der Waals surface area contributed by atoms with E-state index in [1.807, 2.05) is 13.8 Å². The van der Waals surface area contributed by atoms with Crippen molar-refractivity contribution in [1.82, 2.24) is 13.5 Å². The Morgan fingerprint density at radius 3 is 2.30 bits per heavy atom. The molecular formula is C14H23N3O5S. The largest absolute Gasteiger partial charge is 0.475 e. The van der Waals surface area contributed by atoms with E-state index in [0.717, 1.165) is 0 Å². The number of hydrogen-bond acceptors (Lipinski definition) is 5. The van der Waals surface area contributed by atoms with Crippen LogP contribution in [0.5, 0.6) is 0 Å². The molecule has 1 aromatic rings. The number of hydrogen-bond donors (Lipinski definition) is 1. The Hall–Kier alpha value is -1.42. The van der Waals surface area contributed by atoms with Crippen molar-refractivity contribution in [1.29, 1.82) is 0 Å². The Labute approximate surface area is 136 Å². The zero-order valence-electron chi connectivity index (χ0n) is 13.4. The highest BCUT2D eigenvalue weighted by Gasteiger charge is 2.30. The molecule has 0 atom stereocenters. The number of carboxylic acid groups (broad SMARTS) is 1. The molecule has 0 aromatic carbocycles. The first-order valence-corrected chi connectivity index (χ1v) is 9.07. The van der Waals surface area contributed by atoms with Gasteiger partial charge in [-0.3, -0.25) is 4.90 Å². The molecule has 0 radical (unpaired) electrons. The van der Waals surface area contributed by atoms with Crippen LogP contribution < -0.4 is 0 Å². The number of carbonyl (C=O) groups is 1. The first-order valence-electron chi connectivity index (χ1n) is 7.68. The van der Waals surface area contributed by atoms with Gasteiger partial charge in [-0.05, 0) is 12.1 Å². The molecule has 1 aliphatic heterocycles. The number of furan rings is 1. The third-order valence-electron chi connectivity index (χ3n) is 3.94. The van der Waals surface area contributed by atoms with Gasteiger partial charge >= 0.3 is 5.97 Å². The molecule has 23 heavy (non-hydrogen) atoms. The zero-order chi connectivity index (χ0) is 17.0. The second-order valence-corrected chi connectivity index (χ2v) is 7.27. The van der Waals surface area contributed by atoms with Crippen LogP contribution in [-0.4, -0.2) is 72.3 Å². The van der Waals surface area contributed by atoms with Crippen molar-refractivity contribution in [2.45, 2.75) is 20.4 Å². The van der Waals surface area contributed by atoms with Crippen molar-refractivity contribution in [3.8, 4) is 0 Å². The van der Waals surface area contributed by atoms with Crippen molar-refractivity contribution in [2.75, 3.05) is 39.3 Å². The highest BCUT2D eigenvalue weighted by Crippen LogP contribution is 2.15. The van der Waals surface area contributed by atoms with Crippen molar-refractivity contribution in [3.05, 3.63) is 23.7 Å². The average molecular weight is 345 g/mol. The molecule has 0 spiro atoms. The van der Waals surface area contributed by atoms with Gasteiger partial charge in [0.1, 0.15) is 5.76 Å². The van der Waals surface area contributed by atoms with Crippen LogP contribution in [0.3, 0.4) is 0 Å². The summed E-state index contributed by atoms with van der Waals surface area (Å²) < 4.78 is 33.1. The summed E-state index contributed by atoms with van der Waals surface area (Å²) in [4.78, 5) is 12.8. The third kappa shape index (κ3) is 4.11. The number of piperazine rings is 1. The van der Waals surface area contributed by atoms with Gasteiger partial charge in [0.05, 0.1) is 6.54 Å². The second-order valence-electron chi connectivity index (χ2n) is 5.34. The van der Waals surface area contributed by atoms with E-state index in [2.05, 4.69) is 4.90 Å². The predicted octanol–water partition coefficient (Wildman–Crippen LogP) is 0.682. The maximum atomic E-state index is 12.4. The molecule has 1 aliphatic rings. The van der Waals surface area contributed by atoms with E-state index in [-0.39, 0.29) is 5.76 Å². The topological polar surface area (TPSA) is 94.3 Å². The van der Waals surface area contributed by atoms with Gasteiger partial charge in [0.2, 0.25) is 5.76 Å². The maximum absolute atomic E-state index is 12.4. The first kappa shape index (κ1) is 17.9. The standard InChI is InChI=1S/C14H23N3O5S/c1-3-16(4-2)23(20,21)17-9-7-15(8-10-17)11-12-5-6-13(22-12)14(18)19/h5-6H,3-4,7-11H2,1-2H3,(H,18,19). The molecule has 0 saturated carbocycles. The summed E-state index contributed by atoms with van der Waals surface area (Å²) in [5.41, 5.74) is 0. The Morgan fingerprint density at radius 2 is 1.83 bits per heavy atom. The van der Waals surface area contributed by atoms with Crippen LogP contribution >= 0.6 is 0 Å². The van der Waals surface area contributed by atoms with Gasteiger partial charge in [0.25, 0.3) is 10.2 Å². The Kier molecular flexibility index (Phi) is 5.79.